The average Bonchev–Trinajstić information content (AvgIpc) is 2.62. The molecule has 0 aliphatic heterocycles. The third-order valence-corrected chi connectivity index (χ3v) is 3.43. The first kappa shape index (κ1) is 20.0. The number of amides is 1. The number of rotatable bonds is 4. The molecule has 2 rings (SSSR count). The zero-order valence-electron chi connectivity index (χ0n) is 12.4. The van der Waals surface area contributed by atoms with Gasteiger partial charge >= 0.3 is 51.4 Å². The largest absolute Gasteiger partial charge is 1.00 e. The zero-order chi connectivity index (χ0) is 13.1. The van der Waals surface area contributed by atoms with Crippen LogP contribution in [0.15, 0.2) is 18.2 Å². The van der Waals surface area contributed by atoms with Gasteiger partial charge in [-0.05, 0) is 36.6 Å². The summed E-state index contributed by atoms with van der Waals surface area (Å²) >= 11 is 0. The second-order valence-electron chi connectivity index (χ2n) is 4.96. The number of hydrogen-bond donors (Lipinski definition) is 1. The van der Waals surface area contributed by atoms with Crippen molar-refractivity contribution in [1.29, 1.82) is 0 Å². The minimum Gasteiger partial charge on any atom is -0.870 e. The van der Waals surface area contributed by atoms with E-state index in [1.54, 1.807) is 6.07 Å². The van der Waals surface area contributed by atoms with Gasteiger partial charge in [0.15, 0.2) is 5.78 Å². The molecule has 0 saturated heterocycles. The summed E-state index contributed by atoms with van der Waals surface area (Å²) in [5, 5.41) is 2.76. The summed E-state index contributed by atoms with van der Waals surface area (Å²) in [6, 6.07) is 5.58. The summed E-state index contributed by atoms with van der Waals surface area (Å²) < 4.78 is 0. The van der Waals surface area contributed by atoms with Crippen molar-refractivity contribution in [3.05, 3.63) is 29.3 Å². The number of carbonyl (C=O) groups excluding carboxylic acids is 2. The van der Waals surface area contributed by atoms with E-state index >= 15 is 0 Å². The second-order valence-corrected chi connectivity index (χ2v) is 4.96. The van der Waals surface area contributed by atoms with E-state index in [0.717, 1.165) is 42.5 Å². The summed E-state index contributed by atoms with van der Waals surface area (Å²) in [6.45, 7) is 3.63. The normalized spacial score (nSPS) is 15.9. The minimum atomic E-state index is -0.0817. The molecule has 4 nitrogen and oxygen atoms in total. The Morgan fingerprint density at radius 3 is 2.70 bits per heavy atom. The third kappa shape index (κ3) is 4.75. The van der Waals surface area contributed by atoms with Gasteiger partial charge in [-0.1, -0.05) is 19.8 Å². The molecule has 1 aromatic rings. The van der Waals surface area contributed by atoms with Crippen molar-refractivity contribution in [2.75, 3.05) is 5.32 Å². The molecule has 0 aromatic heterocycles. The number of anilines is 1. The molecule has 20 heavy (non-hydrogen) atoms. The number of carbonyl (C=O) groups is 2. The van der Waals surface area contributed by atoms with Crippen LogP contribution in [-0.4, -0.2) is 17.2 Å². The number of fused-ring (bicyclic) bond motifs is 1. The van der Waals surface area contributed by atoms with Gasteiger partial charge in [-0.15, -0.1) is 0 Å². The van der Waals surface area contributed by atoms with E-state index in [9.17, 15) is 9.59 Å². The van der Waals surface area contributed by atoms with Crippen molar-refractivity contribution >= 4 is 17.4 Å². The first-order chi connectivity index (χ1) is 8.61. The Bertz CT molecular complexity index is 488. The van der Waals surface area contributed by atoms with Crippen molar-refractivity contribution in [3.63, 3.8) is 0 Å². The summed E-state index contributed by atoms with van der Waals surface area (Å²) in [7, 11) is 0. The Hall–Kier alpha value is -0.0436. The first-order valence-corrected chi connectivity index (χ1v) is 6.56. The quantitative estimate of drug-likeness (QED) is 0.796. The van der Waals surface area contributed by atoms with Gasteiger partial charge in [-0.25, -0.2) is 0 Å². The van der Waals surface area contributed by atoms with Crippen LogP contribution in [0.4, 0.5) is 5.69 Å². The molecule has 1 aromatic carbocycles. The molecular weight excluding hydrogens is 281 g/mol. The Kier molecular flexibility index (Phi) is 9.05. The standard InChI is InChI=1S/C15H19NO2.K.H2O/c1-3-4-5-11-8-12-9-13(16-10(2)17)6-7-14(12)15(11)18;;/h6-7,9,11H,3-5,8H2,1-2H3,(H,16,17);;1H2/q;+1;/p-1. The van der Waals surface area contributed by atoms with E-state index in [1.807, 2.05) is 12.1 Å². The summed E-state index contributed by atoms with van der Waals surface area (Å²) in [5.74, 6) is 0.335. The Balaban J connectivity index is 0.00000180. The van der Waals surface area contributed by atoms with E-state index in [1.165, 1.54) is 6.92 Å². The summed E-state index contributed by atoms with van der Waals surface area (Å²) in [5.41, 5.74) is 2.70. The molecule has 0 heterocycles. The molecule has 104 valence electrons. The topological polar surface area (TPSA) is 76.2 Å². The maximum atomic E-state index is 12.1. The van der Waals surface area contributed by atoms with Crippen LogP contribution >= 0.6 is 0 Å². The predicted octanol–water partition coefficient (Wildman–Crippen LogP) is 0.0174. The smallest absolute Gasteiger partial charge is 0.870 e. The molecule has 1 atom stereocenters. The zero-order valence-corrected chi connectivity index (χ0v) is 15.5. The third-order valence-electron chi connectivity index (χ3n) is 3.43. The van der Waals surface area contributed by atoms with Crippen LogP contribution in [0.1, 0.15) is 49.0 Å². The fraction of sp³-hybridized carbons (Fsp3) is 0.467. The molecule has 5 heteroatoms. The molecule has 2 N–H and O–H groups in total. The van der Waals surface area contributed by atoms with Crippen molar-refractivity contribution in [2.45, 2.75) is 39.5 Å². The van der Waals surface area contributed by atoms with Crippen LogP contribution in [0, 0.1) is 5.92 Å². The molecule has 0 saturated carbocycles. The van der Waals surface area contributed by atoms with Crippen molar-refractivity contribution in [1.82, 2.24) is 0 Å². The van der Waals surface area contributed by atoms with Gasteiger partial charge in [0, 0.05) is 24.1 Å². The van der Waals surface area contributed by atoms with E-state index in [-0.39, 0.29) is 74.5 Å². The molecule has 0 spiro atoms. The van der Waals surface area contributed by atoms with Crippen LogP contribution in [0.5, 0.6) is 0 Å². The molecule has 1 amide bonds. The number of benzene rings is 1. The second kappa shape index (κ2) is 9.07. The van der Waals surface area contributed by atoms with Gasteiger partial charge in [0.1, 0.15) is 0 Å². The molecule has 1 unspecified atom stereocenters. The van der Waals surface area contributed by atoms with Crippen LogP contribution < -0.4 is 56.7 Å². The van der Waals surface area contributed by atoms with Gasteiger partial charge in [-0.2, -0.15) is 0 Å². The van der Waals surface area contributed by atoms with Gasteiger partial charge in [0.05, 0.1) is 0 Å². The van der Waals surface area contributed by atoms with Crippen molar-refractivity contribution in [2.24, 2.45) is 5.92 Å². The monoisotopic (exact) mass is 301 g/mol. The van der Waals surface area contributed by atoms with Gasteiger partial charge < -0.3 is 10.8 Å². The molecule has 0 fully saturated rings. The minimum absolute atomic E-state index is 0. The van der Waals surface area contributed by atoms with Gasteiger partial charge in [0.2, 0.25) is 5.91 Å². The number of hydrogen-bond acceptors (Lipinski definition) is 3. The Morgan fingerprint density at radius 2 is 2.10 bits per heavy atom. The fourth-order valence-electron chi connectivity index (χ4n) is 2.55. The molecule has 1 aliphatic rings. The Labute approximate surface area is 162 Å². The number of unbranched alkanes of at least 4 members (excludes halogenated alkanes) is 1. The van der Waals surface area contributed by atoms with E-state index in [4.69, 9.17) is 0 Å². The van der Waals surface area contributed by atoms with Crippen molar-refractivity contribution in [3.8, 4) is 0 Å². The SMILES string of the molecule is CCCCC1Cc2cc(NC(C)=O)ccc2C1=O.[K+].[OH-]. The molecule has 0 bridgehead atoms. The summed E-state index contributed by atoms with van der Waals surface area (Å²) in [6.07, 6.45) is 4.02. The predicted molar refractivity (Wildman–Crippen MR) is 73.7 cm³/mol. The number of nitrogens with one attached hydrogen (secondary N) is 1. The maximum absolute atomic E-state index is 12.1. The Morgan fingerprint density at radius 1 is 1.40 bits per heavy atom. The molecular formula is C15H20KNO3. The molecule has 1 aliphatic carbocycles. The van der Waals surface area contributed by atoms with Crippen LogP contribution in [0.25, 0.3) is 0 Å². The van der Waals surface area contributed by atoms with Crippen molar-refractivity contribution < 1.29 is 66.4 Å². The first-order valence-electron chi connectivity index (χ1n) is 6.56. The fourth-order valence-corrected chi connectivity index (χ4v) is 2.55. The summed E-state index contributed by atoms with van der Waals surface area (Å²) in [4.78, 5) is 23.2. The van der Waals surface area contributed by atoms with Gasteiger partial charge in [0.25, 0.3) is 0 Å². The van der Waals surface area contributed by atoms with Crippen LogP contribution in [0.2, 0.25) is 0 Å². The number of ketones is 1. The van der Waals surface area contributed by atoms with Gasteiger partial charge in [-0.3, -0.25) is 9.59 Å². The van der Waals surface area contributed by atoms with E-state index < -0.39 is 0 Å². The maximum Gasteiger partial charge on any atom is 1.00 e. The molecule has 0 radical (unpaired) electrons. The van der Waals surface area contributed by atoms with E-state index in [2.05, 4.69) is 12.2 Å². The number of Topliss-reactive ketones (excluding diaryl/α,β-unsaturated/α-hetero) is 1. The average molecular weight is 301 g/mol. The van der Waals surface area contributed by atoms with E-state index in [0.29, 0.717) is 0 Å². The van der Waals surface area contributed by atoms with Crippen LogP contribution in [-0.2, 0) is 11.2 Å². The van der Waals surface area contributed by atoms with Crippen LogP contribution in [0.3, 0.4) is 0 Å².